The van der Waals surface area contributed by atoms with Gasteiger partial charge in [-0.15, -0.1) is 6.58 Å². The van der Waals surface area contributed by atoms with Crippen LogP contribution in [0.15, 0.2) is 24.8 Å². The van der Waals surface area contributed by atoms with Crippen LogP contribution in [0, 0.1) is 23.7 Å². The van der Waals surface area contributed by atoms with Crippen LogP contribution in [0.3, 0.4) is 0 Å². The van der Waals surface area contributed by atoms with E-state index in [-0.39, 0.29) is 0 Å². The molecule has 0 heterocycles. The summed E-state index contributed by atoms with van der Waals surface area (Å²) < 4.78 is 0. The zero-order chi connectivity index (χ0) is 14.9. The summed E-state index contributed by atoms with van der Waals surface area (Å²) >= 11 is 0. The highest BCUT2D eigenvalue weighted by Crippen LogP contribution is 2.42. The molecule has 2 rings (SSSR count). The predicted molar refractivity (Wildman–Crippen MR) is 94.4 cm³/mol. The standard InChI is InChI=1S/C21H36/c1-3-5-6-7-9-19-12-16-21(17-13-19)20-14-10-18(8-4-2)11-15-20/h3,7,9,18-21H,1,4-6,8,10-17H2,2H3. The highest BCUT2D eigenvalue weighted by molar-refractivity contribution is 4.93. The lowest BCUT2D eigenvalue weighted by Crippen LogP contribution is -2.25. The Labute approximate surface area is 133 Å². The second-order valence-electron chi connectivity index (χ2n) is 7.54. The maximum atomic E-state index is 3.79. The average molecular weight is 289 g/mol. The van der Waals surface area contributed by atoms with E-state index >= 15 is 0 Å². The number of allylic oxidation sites excluding steroid dienone is 3. The molecule has 0 saturated heterocycles. The zero-order valence-corrected chi connectivity index (χ0v) is 14.2. The molecule has 21 heavy (non-hydrogen) atoms. The third-order valence-corrected chi connectivity index (χ3v) is 6.02. The molecule has 0 aliphatic heterocycles. The van der Waals surface area contributed by atoms with E-state index in [0.717, 1.165) is 30.1 Å². The SMILES string of the molecule is C=CCCC=CC1CCC(C2CCC(CCC)CC2)CC1. The van der Waals surface area contributed by atoms with Gasteiger partial charge in [0.2, 0.25) is 0 Å². The molecule has 2 saturated carbocycles. The molecular formula is C21H36. The minimum absolute atomic E-state index is 0.877. The van der Waals surface area contributed by atoms with Crippen LogP contribution in [-0.4, -0.2) is 0 Å². The summed E-state index contributed by atoms with van der Waals surface area (Å²) in [6, 6.07) is 0. The lowest BCUT2D eigenvalue weighted by molar-refractivity contribution is 0.152. The maximum Gasteiger partial charge on any atom is -0.0233 e. The van der Waals surface area contributed by atoms with Crippen LogP contribution in [0.2, 0.25) is 0 Å². The number of unbranched alkanes of at least 4 members (excludes halogenated alkanes) is 1. The molecule has 0 bridgehead atoms. The third kappa shape index (κ3) is 5.64. The minimum atomic E-state index is 0.877. The molecule has 120 valence electrons. The Bertz CT molecular complexity index is 298. The van der Waals surface area contributed by atoms with Gasteiger partial charge in [-0.1, -0.05) is 50.8 Å². The summed E-state index contributed by atoms with van der Waals surface area (Å²) in [6.07, 6.45) is 24.1. The quantitative estimate of drug-likeness (QED) is 0.352. The molecule has 0 heteroatoms. The number of rotatable bonds is 7. The largest absolute Gasteiger partial charge is 0.103 e. The van der Waals surface area contributed by atoms with Crippen LogP contribution >= 0.6 is 0 Å². The van der Waals surface area contributed by atoms with E-state index in [1.165, 1.54) is 70.6 Å². The molecule has 2 aliphatic carbocycles. The van der Waals surface area contributed by atoms with Crippen LogP contribution < -0.4 is 0 Å². The van der Waals surface area contributed by atoms with Crippen LogP contribution in [0.25, 0.3) is 0 Å². The zero-order valence-electron chi connectivity index (χ0n) is 14.2. The van der Waals surface area contributed by atoms with E-state index in [4.69, 9.17) is 0 Å². The van der Waals surface area contributed by atoms with Crippen molar-refractivity contribution in [1.82, 2.24) is 0 Å². The maximum absolute atomic E-state index is 3.79. The number of hydrogen-bond acceptors (Lipinski definition) is 0. The summed E-state index contributed by atoms with van der Waals surface area (Å²) in [7, 11) is 0. The summed E-state index contributed by atoms with van der Waals surface area (Å²) in [5, 5.41) is 0. The molecule has 0 atom stereocenters. The minimum Gasteiger partial charge on any atom is -0.103 e. The molecular weight excluding hydrogens is 252 g/mol. The second-order valence-corrected chi connectivity index (χ2v) is 7.54. The van der Waals surface area contributed by atoms with E-state index in [1.807, 2.05) is 6.08 Å². The fourth-order valence-corrected chi connectivity index (χ4v) is 4.67. The molecule has 2 aliphatic rings. The van der Waals surface area contributed by atoms with E-state index in [9.17, 15) is 0 Å². The van der Waals surface area contributed by atoms with Crippen molar-refractivity contribution in [1.29, 1.82) is 0 Å². The first-order chi connectivity index (χ1) is 10.3. The van der Waals surface area contributed by atoms with Gasteiger partial charge in [0.25, 0.3) is 0 Å². The summed E-state index contributed by atoms with van der Waals surface area (Å²) in [6.45, 7) is 6.13. The Morgan fingerprint density at radius 3 is 2.05 bits per heavy atom. The first-order valence-corrected chi connectivity index (χ1v) is 9.61. The molecule has 0 spiro atoms. The molecule has 0 aromatic carbocycles. The summed E-state index contributed by atoms with van der Waals surface area (Å²) in [5.74, 6) is 4.08. The van der Waals surface area contributed by atoms with Crippen LogP contribution in [-0.2, 0) is 0 Å². The van der Waals surface area contributed by atoms with Crippen LogP contribution in [0.5, 0.6) is 0 Å². The Kier molecular flexibility index (Phi) is 7.61. The van der Waals surface area contributed by atoms with E-state index in [1.54, 1.807) is 0 Å². The fourth-order valence-electron chi connectivity index (χ4n) is 4.67. The lowest BCUT2D eigenvalue weighted by atomic mass is 9.68. The Hall–Kier alpha value is -0.520. The van der Waals surface area contributed by atoms with E-state index in [2.05, 4.69) is 25.7 Å². The molecule has 0 radical (unpaired) electrons. The van der Waals surface area contributed by atoms with Crippen LogP contribution in [0.1, 0.15) is 84.0 Å². The van der Waals surface area contributed by atoms with Crippen molar-refractivity contribution in [2.24, 2.45) is 23.7 Å². The van der Waals surface area contributed by atoms with Crippen molar-refractivity contribution >= 4 is 0 Å². The van der Waals surface area contributed by atoms with Crippen molar-refractivity contribution in [3.63, 3.8) is 0 Å². The van der Waals surface area contributed by atoms with E-state index < -0.39 is 0 Å². The highest BCUT2D eigenvalue weighted by atomic mass is 14.3. The first kappa shape index (κ1) is 16.8. The van der Waals surface area contributed by atoms with Gasteiger partial charge in [0.1, 0.15) is 0 Å². The topological polar surface area (TPSA) is 0 Å². The second kappa shape index (κ2) is 9.49. The van der Waals surface area contributed by atoms with Gasteiger partial charge in [-0.05, 0) is 75.0 Å². The van der Waals surface area contributed by atoms with Crippen molar-refractivity contribution in [2.45, 2.75) is 84.0 Å². The monoisotopic (exact) mass is 288 g/mol. The molecule has 0 aromatic heterocycles. The van der Waals surface area contributed by atoms with Gasteiger partial charge in [0, 0.05) is 0 Å². The highest BCUT2D eigenvalue weighted by Gasteiger charge is 2.29. The van der Waals surface area contributed by atoms with Gasteiger partial charge in [-0.3, -0.25) is 0 Å². The molecule has 0 nitrogen and oxygen atoms in total. The smallest absolute Gasteiger partial charge is 0.0233 e. The molecule has 0 amide bonds. The normalized spacial score (nSPS) is 34.1. The molecule has 0 unspecified atom stereocenters. The van der Waals surface area contributed by atoms with Crippen LogP contribution in [0.4, 0.5) is 0 Å². The Balaban J connectivity index is 1.65. The number of hydrogen-bond donors (Lipinski definition) is 0. The van der Waals surface area contributed by atoms with Gasteiger partial charge < -0.3 is 0 Å². The Morgan fingerprint density at radius 2 is 1.48 bits per heavy atom. The van der Waals surface area contributed by atoms with Gasteiger partial charge in [0.15, 0.2) is 0 Å². The van der Waals surface area contributed by atoms with Gasteiger partial charge in [0.05, 0.1) is 0 Å². The van der Waals surface area contributed by atoms with Gasteiger partial charge in [-0.25, -0.2) is 0 Å². The van der Waals surface area contributed by atoms with Crippen molar-refractivity contribution in [2.75, 3.05) is 0 Å². The molecule has 2 fully saturated rings. The lowest BCUT2D eigenvalue weighted by Gasteiger charge is -2.37. The summed E-state index contributed by atoms with van der Waals surface area (Å²) in [5.41, 5.74) is 0. The van der Waals surface area contributed by atoms with Gasteiger partial charge in [-0.2, -0.15) is 0 Å². The van der Waals surface area contributed by atoms with Crippen molar-refractivity contribution in [3.8, 4) is 0 Å². The van der Waals surface area contributed by atoms with Gasteiger partial charge >= 0.3 is 0 Å². The summed E-state index contributed by atoms with van der Waals surface area (Å²) in [4.78, 5) is 0. The molecule has 0 N–H and O–H groups in total. The van der Waals surface area contributed by atoms with Crippen molar-refractivity contribution < 1.29 is 0 Å². The first-order valence-electron chi connectivity index (χ1n) is 9.61. The average Bonchev–Trinajstić information content (AvgIpc) is 2.53. The molecule has 0 aromatic rings. The predicted octanol–water partition coefficient (Wildman–Crippen LogP) is 6.92. The fraction of sp³-hybridized carbons (Fsp3) is 0.810. The Morgan fingerprint density at radius 1 is 0.857 bits per heavy atom. The third-order valence-electron chi connectivity index (χ3n) is 6.02. The van der Waals surface area contributed by atoms with E-state index in [0.29, 0.717) is 0 Å². The van der Waals surface area contributed by atoms with Crippen molar-refractivity contribution in [3.05, 3.63) is 24.8 Å².